The standard InChI is InChI=1S/C18H21N5O2/c1-12(2)15-11-14(22-23(15)3)17(24)19-10-9-16-20-21-18(25-16)13-7-5-4-6-8-13/h4-8,11-12H,9-10H2,1-3H3,(H,19,24). The van der Waals surface area contributed by atoms with E-state index in [1.165, 1.54) is 0 Å². The summed E-state index contributed by atoms with van der Waals surface area (Å²) in [6.45, 7) is 4.54. The van der Waals surface area contributed by atoms with Crippen LogP contribution in [0.4, 0.5) is 0 Å². The van der Waals surface area contributed by atoms with E-state index in [1.54, 1.807) is 4.68 Å². The Morgan fingerprint density at radius 3 is 2.68 bits per heavy atom. The molecule has 0 aliphatic rings. The van der Waals surface area contributed by atoms with E-state index in [0.29, 0.717) is 36.4 Å². The Morgan fingerprint density at radius 2 is 2.00 bits per heavy atom. The maximum Gasteiger partial charge on any atom is 0.271 e. The first-order valence-electron chi connectivity index (χ1n) is 8.24. The van der Waals surface area contributed by atoms with Gasteiger partial charge in [-0.1, -0.05) is 32.0 Å². The number of carbonyl (C=O) groups is 1. The molecule has 0 aliphatic heterocycles. The van der Waals surface area contributed by atoms with Gasteiger partial charge in [-0.2, -0.15) is 5.10 Å². The number of carbonyl (C=O) groups excluding carboxylic acids is 1. The molecule has 0 aliphatic carbocycles. The van der Waals surface area contributed by atoms with Crippen molar-refractivity contribution >= 4 is 5.91 Å². The number of nitrogens with one attached hydrogen (secondary N) is 1. The molecule has 1 N–H and O–H groups in total. The van der Waals surface area contributed by atoms with Crippen molar-refractivity contribution in [1.82, 2.24) is 25.3 Å². The Morgan fingerprint density at radius 1 is 1.24 bits per heavy atom. The monoisotopic (exact) mass is 339 g/mol. The van der Waals surface area contributed by atoms with E-state index < -0.39 is 0 Å². The third-order valence-corrected chi connectivity index (χ3v) is 3.85. The van der Waals surface area contributed by atoms with Crippen molar-refractivity contribution in [2.75, 3.05) is 6.54 Å². The van der Waals surface area contributed by atoms with Crippen LogP contribution in [0.5, 0.6) is 0 Å². The van der Waals surface area contributed by atoms with Gasteiger partial charge in [-0.05, 0) is 24.1 Å². The van der Waals surface area contributed by atoms with E-state index in [0.717, 1.165) is 11.3 Å². The molecule has 0 atom stereocenters. The second-order valence-electron chi connectivity index (χ2n) is 6.11. The lowest BCUT2D eigenvalue weighted by Crippen LogP contribution is -2.26. The van der Waals surface area contributed by atoms with Gasteiger partial charge in [0.1, 0.15) is 5.69 Å². The van der Waals surface area contributed by atoms with E-state index in [4.69, 9.17) is 4.42 Å². The van der Waals surface area contributed by atoms with Gasteiger partial charge in [-0.25, -0.2) is 0 Å². The van der Waals surface area contributed by atoms with Crippen LogP contribution in [-0.2, 0) is 13.5 Å². The Balaban J connectivity index is 1.55. The first kappa shape index (κ1) is 16.9. The molecule has 7 heteroatoms. The summed E-state index contributed by atoms with van der Waals surface area (Å²) in [6, 6.07) is 11.4. The quantitative estimate of drug-likeness (QED) is 0.746. The highest BCUT2D eigenvalue weighted by molar-refractivity contribution is 5.92. The summed E-state index contributed by atoms with van der Waals surface area (Å²) in [5.74, 6) is 1.08. The van der Waals surface area contributed by atoms with Crippen LogP contribution in [0, 0.1) is 0 Å². The molecule has 7 nitrogen and oxygen atoms in total. The van der Waals surface area contributed by atoms with Gasteiger partial charge in [-0.15, -0.1) is 10.2 Å². The zero-order valence-corrected chi connectivity index (χ0v) is 14.6. The zero-order valence-electron chi connectivity index (χ0n) is 14.6. The first-order chi connectivity index (χ1) is 12.0. The fourth-order valence-corrected chi connectivity index (χ4v) is 2.56. The normalized spacial score (nSPS) is 11.0. The topological polar surface area (TPSA) is 85.8 Å². The van der Waals surface area contributed by atoms with E-state index in [1.807, 2.05) is 43.4 Å². The third kappa shape index (κ3) is 3.93. The highest BCUT2D eigenvalue weighted by Crippen LogP contribution is 2.17. The smallest absolute Gasteiger partial charge is 0.271 e. The Kier molecular flexibility index (Phi) is 4.92. The van der Waals surface area contributed by atoms with Gasteiger partial charge in [0.05, 0.1) is 0 Å². The Bertz CT molecular complexity index is 851. The molecule has 2 heterocycles. The summed E-state index contributed by atoms with van der Waals surface area (Å²) in [7, 11) is 1.84. The first-order valence-corrected chi connectivity index (χ1v) is 8.24. The van der Waals surface area contributed by atoms with Gasteiger partial charge in [0.2, 0.25) is 11.8 Å². The summed E-state index contributed by atoms with van der Waals surface area (Å²) in [4.78, 5) is 12.2. The molecule has 0 unspecified atom stereocenters. The zero-order chi connectivity index (χ0) is 17.8. The third-order valence-electron chi connectivity index (χ3n) is 3.85. The molecule has 0 saturated carbocycles. The highest BCUT2D eigenvalue weighted by atomic mass is 16.4. The largest absolute Gasteiger partial charge is 0.421 e. The number of benzene rings is 1. The Hall–Kier alpha value is -2.96. The second kappa shape index (κ2) is 7.29. The number of hydrogen-bond donors (Lipinski definition) is 1. The molecular formula is C18H21N5O2. The fraction of sp³-hybridized carbons (Fsp3) is 0.333. The second-order valence-corrected chi connectivity index (χ2v) is 6.11. The van der Waals surface area contributed by atoms with Crippen molar-refractivity contribution in [2.24, 2.45) is 7.05 Å². The van der Waals surface area contributed by atoms with Crippen LogP contribution < -0.4 is 5.32 Å². The van der Waals surface area contributed by atoms with Crippen molar-refractivity contribution in [3.05, 3.63) is 53.7 Å². The van der Waals surface area contributed by atoms with Crippen LogP contribution in [0.25, 0.3) is 11.5 Å². The molecule has 2 aromatic heterocycles. The summed E-state index contributed by atoms with van der Waals surface area (Å²) in [5.41, 5.74) is 2.32. The van der Waals surface area contributed by atoms with Gasteiger partial charge >= 0.3 is 0 Å². The molecule has 0 radical (unpaired) electrons. The number of amides is 1. The molecular weight excluding hydrogens is 318 g/mol. The molecule has 0 fully saturated rings. The minimum Gasteiger partial charge on any atom is -0.421 e. The van der Waals surface area contributed by atoms with Crippen LogP contribution in [0.3, 0.4) is 0 Å². The maximum absolute atomic E-state index is 12.2. The summed E-state index contributed by atoms with van der Waals surface area (Å²) in [6.07, 6.45) is 0.468. The lowest BCUT2D eigenvalue weighted by Gasteiger charge is -2.02. The highest BCUT2D eigenvalue weighted by Gasteiger charge is 2.15. The van der Waals surface area contributed by atoms with Crippen LogP contribution in [0.15, 0.2) is 40.8 Å². The molecule has 3 aromatic rings. The molecule has 25 heavy (non-hydrogen) atoms. The number of rotatable bonds is 6. The number of aryl methyl sites for hydroxylation is 1. The Labute approximate surface area is 146 Å². The lowest BCUT2D eigenvalue weighted by molar-refractivity contribution is 0.0948. The van der Waals surface area contributed by atoms with Crippen molar-refractivity contribution < 1.29 is 9.21 Å². The van der Waals surface area contributed by atoms with Gasteiger partial charge in [0.25, 0.3) is 5.91 Å². The molecule has 0 spiro atoms. The number of hydrogen-bond acceptors (Lipinski definition) is 5. The summed E-state index contributed by atoms with van der Waals surface area (Å²) in [5, 5.41) is 15.1. The maximum atomic E-state index is 12.2. The molecule has 0 saturated heterocycles. The van der Waals surface area contributed by atoms with Gasteiger partial charge < -0.3 is 9.73 Å². The van der Waals surface area contributed by atoms with Gasteiger partial charge in [-0.3, -0.25) is 9.48 Å². The fourth-order valence-electron chi connectivity index (χ4n) is 2.56. The molecule has 130 valence electrons. The van der Waals surface area contributed by atoms with Crippen molar-refractivity contribution in [2.45, 2.75) is 26.2 Å². The van der Waals surface area contributed by atoms with Gasteiger partial charge in [0, 0.05) is 31.3 Å². The minimum atomic E-state index is -0.203. The SMILES string of the molecule is CC(C)c1cc(C(=O)NCCc2nnc(-c3ccccc3)o2)nn1C. The summed E-state index contributed by atoms with van der Waals surface area (Å²) >= 11 is 0. The predicted octanol–water partition coefficient (Wildman–Crippen LogP) is 2.57. The van der Waals surface area contributed by atoms with Crippen molar-refractivity contribution in [3.8, 4) is 11.5 Å². The van der Waals surface area contributed by atoms with E-state index in [9.17, 15) is 4.79 Å². The van der Waals surface area contributed by atoms with Crippen molar-refractivity contribution in [3.63, 3.8) is 0 Å². The molecule has 1 amide bonds. The minimum absolute atomic E-state index is 0.203. The van der Waals surface area contributed by atoms with Crippen LogP contribution in [0.1, 0.15) is 41.8 Å². The number of nitrogens with zero attached hydrogens (tertiary/aromatic N) is 4. The predicted molar refractivity (Wildman–Crippen MR) is 93.1 cm³/mol. The molecule has 3 rings (SSSR count). The molecule has 1 aromatic carbocycles. The molecule has 0 bridgehead atoms. The average Bonchev–Trinajstić information content (AvgIpc) is 3.22. The van der Waals surface area contributed by atoms with Gasteiger partial charge in [0.15, 0.2) is 0 Å². The van der Waals surface area contributed by atoms with Crippen LogP contribution in [0.2, 0.25) is 0 Å². The lowest BCUT2D eigenvalue weighted by atomic mass is 10.1. The van der Waals surface area contributed by atoms with Crippen LogP contribution >= 0.6 is 0 Å². The average molecular weight is 339 g/mol. The number of aromatic nitrogens is 4. The van der Waals surface area contributed by atoms with E-state index >= 15 is 0 Å². The van der Waals surface area contributed by atoms with Crippen LogP contribution in [-0.4, -0.2) is 32.4 Å². The van der Waals surface area contributed by atoms with E-state index in [2.05, 4.69) is 34.5 Å². The van der Waals surface area contributed by atoms with Crippen molar-refractivity contribution in [1.29, 1.82) is 0 Å². The van der Waals surface area contributed by atoms with E-state index in [-0.39, 0.29) is 5.91 Å². The summed E-state index contributed by atoms with van der Waals surface area (Å²) < 4.78 is 7.36.